The van der Waals surface area contributed by atoms with Crippen LogP contribution >= 0.6 is 0 Å². The van der Waals surface area contributed by atoms with Gasteiger partial charge < -0.3 is 15.3 Å². The molecule has 4 nitrogen and oxygen atoms in total. The molecule has 3 atom stereocenters. The fraction of sp³-hybridized carbons (Fsp3) is 0.917. The first-order valence-corrected chi connectivity index (χ1v) is 6.38. The number of piperidine rings is 1. The number of aliphatic hydroxyl groups excluding tert-OH is 1. The highest BCUT2D eigenvalue weighted by molar-refractivity contribution is 5.80. The Kier molecular flexibility index (Phi) is 3.82. The number of hydrogen-bond acceptors (Lipinski definition) is 3. The van der Waals surface area contributed by atoms with E-state index in [0.717, 1.165) is 38.8 Å². The maximum atomic E-state index is 12.4. The van der Waals surface area contributed by atoms with E-state index in [0.29, 0.717) is 0 Å². The summed E-state index contributed by atoms with van der Waals surface area (Å²) in [5.41, 5.74) is 0. The summed E-state index contributed by atoms with van der Waals surface area (Å²) in [5.74, 6) is 0.358. The van der Waals surface area contributed by atoms with Crippen molar-refractivity contribution >= 4 is 5.91 Å². The van der Waals surface area contributed by atoms with Crippen LogP contribution in [0.4, 0.5) is 0 Å². The maximum Gasteiger partial charge on any atom is 0.227 e. The van der Waals surface area contributed by atoms with E-state index in [1.54, 1.807) is 0 Å². The molecule has 0 saturated carbocycles. The van der Waals surface area contributed by atoms with Crippen LogP contribution in [0.5, 0.6) is 0 Å². The van der Waals surface area contributed by atoms with Gasteiger partial charge in [0.05, 0.1) is 18.6 Å². The van der Waals surface area contributed by atoms with Crippen LogP contribution in [0.25, 0.3) is 0 Å². The van der Waals surface area contributed by atoms with E-state index < -0.39 is 0 Å². The number of rotatable bonds is 2. The van der Waals surface area contributed by atoms with Crippen LogP contribution in [0.15, 0.2) is 0 Å². The third kappa shape index (κ3) is 2.23. The van der Waals surface area contributed by atoms with Crippen LogP contribution < -0.4 is 5.32 Å². The second-order valence-corrected chi connectivity index (χ2v) is 5.00. The number of carbonyl (C=O) groups excluding carboxylic acids is 1. The van der Waals surface area contributed by atoms with Crippen molar-refractivity contribution in [3.8, 4) is 0 Å². The number of aliphatic hydroxyl groups is 1. The summed E-state index contributed by atoms with van der Waals surface area (Å²) in [6, 6.07) is 0.350. The number of nitrogens with one attached hydrogen (secondary N) is 1. The lowest BCUT2D eigenvalue weighted by atomic mass is 9.90. The van der Waals surface area contributed by atoms with Crippen LogP contribution in [-0.2, 0) is 4.79 Å². The Morgan fingerprint density at radius 3 is 2.94 bits per heavy atom. The first-order valence-electron chi connectivity index (χ1n) is 6.38. The van der Waals surface area contributed by atoms with Crippen LogP contribution in [0.1, 0.15) is 32.6 Å². The monoisotopic (exact) mass is 226 g/mol. The van der Waals surface area contributed by atoms with Crippen molar-refractivity contribution in [1.29, 1.82) is 0 Å². The molecular weight excluding hydrogens is 204 g/mol. The molecule has 4 heteroatoms. The molecular formula is C12H22N2O2. The Morgan fingerprint density at radius 1 is 1.44 bits per heavy atom. The van der Waals surface area contributed by atoms with E-state index in [1.165, 1.54) is 0 Å². The molecule has 0 bridgehead atoms. The summed E-state index contributed by atoms with van der Waals surface area (Å²) < 4.78 is 0. The van der Waals surface area contributed by atoms with Crippen LogP contribution in [0.2, 0.25) is 0 Å². The molecule has 0 unspecified atom stereocenters. The predicted octanol–water partition coefficient (Wildman–Crippen LogP) is 0.358. The lowest BCUT2D eigenvalue weighted by Crippen LogP contribution is -2.50. The van der Waals surface area contributed by atoms with E-state index in [4.69, 9.17) is 0 Å². The maximum absolute atomic E-state index is 12.4. The fourth-order valence-electron chi connectivity index (χ4n) is 2.91. The van der Waals surface area contributed by atoms with Crippen LogP contribution in [0, 0.1) is 5.92 Å². The van der Waals surface area contributed by atoms with Crippen molar-refractivity contribution in [1.82, 2.24) is 10.2 Å². The first kappa shape index (κ1) is 11.9. The summed E-state index contributed by atoms with van der Waals surface area (Å²) in [6.07, 6.45) is 4.06. The van der Waals surface area contributed by atoms with Gasteiger partial charge in [0.15, 0.2) is 0 Å². The van der Waals surface area contributed by atoms with Crippen LogP contribution in [0.3, 0.4) is 0 Å². The molecule has 2 saturated heterocycles. The van der Waals surface area contributed by atoms with Gasteiger partial charge in [0.25, 0.3) is 0 Å². The highest BCUT2D eigenvalue weighted by Crippen LogP contribution is 2.24. The zero-order valence-electron chi connectivity index (χ0n) is 9.98. The van der Waals surface area contributed by atoms with Crippen molar-refractivity contribution in [2.75, 3.05) is 19.7 Å². The van der Waals surface area contributed by atoms with Crippen LogP contribution in [-0.4, -0.2) is 47.7 Å². The molecule has 0 aromatic rings. The molecule has 2 fully saturated rings. The molecule has 0 spiro atoms. The van der Waals surface area contributed by atoms with Gasteiger partial charge >= 0.3 is 0 Å². The molecule has 0 radical (unpaired) electrons. The largest absolute Gasteiger partial charge is 0.394 e. The Labute approximate surface area is 97.0 Å². The molecule has 2 rings (SSSR count). The molecule has 0 aromatic carbocycles. The average molecular weight is 226 g/mol. The second-order valence-electron chi connectivity index (χ2n) is 5.00. The summed E-state index contributed by atoms with van der Waals surface area (Å²) >= 11 is 0. The first-order chi connectivity index (χ1) is 7.74. The van der Waals surface area contributed by atoms with Crippen molar-refractivity contribution in [3.63, 3.8) is 0 Å². The Bertz CT molecular complexity index is 253. The zero-order valence-corrected chi connectivity index (χ0v) is 9.98. The number of amides is 1. The van der Waals surface area contributed by atoms with E-state index in [9.17, 15) is 9.90 Å². The quantitative estimate of drug-likeness (QED) is 0.715. The van der Waals surface area contributed by atoms with Gasteiger partial charge in [-0.2, -0.15) is 0 Å². The smallest absolute Gasteiger partial charge is 0.227 e. The minimum absolute atomic E-state index is 0.0710. The number of nitrogens with zero attached hydrogens (tertiary/aromatic N) is 1. The fourth-order valence-corrected chi connectivity index (χ4v) is 2.91. The van der Waals surface area contributed by atoms with Crippen molar-refractivity contribution in [2.24, 2.45) is 5.92 Å². The van der Waals surface area contributed by atoms with Gasteiger partial charge in [-0.3, -0.25) is 4.79 Å². The Balaban J connectivity index is 2.00. The molecule has 2 heterocycles. The van der Waals surface area contributed by atoms with Gasteiger partial charge in [-0.05, 0) is 39.2 Å². The predicted molar refractivity (Wildman–Crippen MR) is 62.0 cm³/mol. The number of hydrogen-bond donors (Lipinski definition) is 2. The molecule has 2 aliphatic rings. The third-order valence-corrected chi connectivity index (χ3v) is 3.95. The summed E-state index contributed by atoms with van der Waals surface area (Å²) in [7, 11) is 0. The van der Waals surface area contributed by atoms with Gasteiger partial charge in [-0.15, -0.1) is 0 Å². The van der Waals surface area contributed by atoms with E-state index in [1.807, 2.05) is 4.90 Å². The Morgan fingerprint density at radius 2 is 2.25 bits per heavy atom. The van der Waals surface area contributed by atoms with Gasteiger partial charge in [-0.1, -0.05) is 0 Å². The van der Waals surface area contributed by atoms with Crippen molar-refractivity contribution < 1.29 is 9.90 Å². The number of likely N-dealkylation sites (tertiary alicyclic amines) is 1. The molecule has 2 aliphatic heterocycles. The van der Waals surface area contributed by atoms with Gasteiger partial charge in [0.2, 0.25) is 5.91 Å². The third-order valence-electron chi connectivity index (χ3n) is 3.95. The second kappa shape index (κ2) is 5.15. The highest BCUT2D eigenvalue weighted by Gasteiger charge is 2.35. The minimum Gasteiger partial charge on any atom is -0.394 e. The zero-order chi connectivity index (χ0) is 11.5. The SMILES string of the molecule is C[C@@H]1NCCC[C@@H]1C(=O)N1CCC[C@H]1CO. The van der Waals surface area contributed by atoms with Crippen molar-refractivity contribution in [2.45, 2.75) is 44.7 Å². The van der Waals surface area contributed by atoms with Gasteiger partial charge in [0, 0.05) is 12.6 Å². The standard InChI is InChI=1S/C12H22N2O2/c1-9-11(5-2-6-13-9)12(16)14-7-3-4-10(14)8-15/h9-11,13,15H,2-8H2,1H3/t9-,10-,11-/m0/s1. The van der Waals surface area contributed by atoms with Gasteiger partial charge in [-0.25, -0.2) is 0 Å². The Hall–Kier alpha value is -0.610. The molecule has 0 aromatic heterocycles. The molecule has 1 amide bonds. The lowest BCUT2D eigenvalue weighted by Gasteiger charge is -2.34. The van der Waals surface area contributed by atoms with Crippen molar-refractivity contribution in [3.05, 3.63) is 0 Å². The lowest BCUT2D eigenvalue weighted by molar-refractivity contribution is -0.138. The summed E-state index contributed by atoms with van der Waals surface area (Å²) in [6.45, 7) is 4.05. The molecule has 92 valence electrons. The highest BCUT2D eigenvalue weighted by atomic mass is 16.3. The normalized spacial score (nSPS) is 35.4. The van der Waals surface area contributed by atoms with E-state index in [-0.39, 0.29) is 30.5 Å². The molecule has 16 heavy (non-hydrogen) atoms. The molecule has 2 N–H and O–H groups in total. The average Bonchev–Trinajstić information content (AvgIpc) is 2.77. The number of carbonyl (C=O) groups is 1. The van der Waals surface area contributed by atoms with Gasteiger partial charge in [0.1, 0.15) is 0 Å². The summed E-state index contributed by atoms with van der Waals surface area (Å²) in [4.78, 5) is 14.3. The molecule has 0 aliphatic carbocycles. The minimum atomic E-state index is 0.0710. The van der Waals surface area contributed by atoms with E-state index in [2.05, 4.69) is 12.2 Å². The summed E-state index contributed by atoms with van der Waals surface area (Å²) in [5, 5.41) is 12.6. The topological polar surface area (TPSA) is 52.6 Å². The van der Waals surface area contributed by atoms with E-state index >= 15 is 0 Å².